The van der Waals surface area contributed by atoms with Crippen LogP contribution in [-0.4, -0.2) is 47.1 Å². The van der Waals surface area contributed by atoms with E-state index in [9.17, 15) is 13.6 Å². The number of nitrogens with one attached hydrogen (secondary N) is 3. The van der Waals surface area contributed by atoms with Gasteiger partial charge in [0.05, 0.1) is 27.9 Å². The molecule has 2 amide bonds. The van der Waals surface area contributed by atoms with Crippen molar-refractivity contribution < 1.29 is 18.3 Å². The number of ether oxygens (including phenoxy) is 1. The number of aromatic nitrogens is 2. The van der Waals surface area contributed by atoms with E-state index >= 15 is 0 Å². The SMILES string of the molecule is O=C(Nc1ccc(Cl)c(F)c1)Nc1ccc(Oc2ccc3ncc(CN4CCNCC4)nc3c2)c(F)c1. The Kier molecular flexibility index (Phi) is 7.40. The number of hydrogen-bond acceptors (Lipinski definition) is 6. The third kappa shape index (κ3) is 6.29. The molecular formula is C26H23ClF2N6O2. The van der Waals surface area contributed by atoms with Crippen LogP contribution in [-0.2, 0) is 6.54 Å². The number of piperazine rings is 1. The van der Waals surface area contributed by atoms with Crippen LogP contribution < -0.4 is 20.7 Å². The van der Waals surface area contributed by atoms with E-state index in [4.69, 9.17) is 21.3 Å². The van der Waals surface area contributed by atoms with Crippen molar-refractivity contribution in [3.8, 4) is 11.5 Å². The van der Waals surface area contributed by atoms with Gasteiger partial charge >= 0.3 is 6.03 Å². The lowest BCUT2D eigenvalue weighted by atomic mass is 10.2. The molecule has 4 aromatic rings. The first-order chi connectivity index (χ1) is 17.9. The average Bonchev–Trinajstić information content (AvgIpc) is 2.88. The fourth-order valence-electron chi connectivity index (χ4n) is 3.92. The maximum absolute atomic E-state index is 14.7. The second-order valence-electron chi connectivity index (χ2n) is 8.49. The third-order valence-electron chi connectivity index (χ3n) is 5.75. The minimum atomic E-state index is -0.672. The van der Waals surface area contributed by atoms with Crippen molar-refractivity contribution in [3.05, 3.63) is 83.1 Å². The van der Waals surface area contributed by atoms with Gasteiger partial charge in [-0.15, -0.1) is 0 Å². The lowest BCUT2D eigenvalue weighted by Crippen LogP contribution is -2.43. The molecule has 190 valence electrons. The monoisotopic (exact) mass is 524 g/mol. The van der Waals surface area contributed by atoms with Crippen LogP contribution in [0.1, 0.15) is 5.69 Å². The molecule has 11 heteroatoms. The first kappa shape index (κ1) is 24.8. The zero-order chi connectivity index (χ0) is 25.8. The zero-order valence-corrected chi connectivity index (χ0v) is 20.4. The van der Waals surface area contributed by atoms with Crippen molar-refractivity contribution >= 4 is 40.0 Å². The molecule has 0 aliphatic carbocycles. The summed E-state index contributed by atoms with van der Waals surface area (Å²) in [7, 11) is 0. The molecule has 1 aliphatic rings. The standard InChI is InChI=1S/C26H23ClF2N6O2/c27-20-4-1-16(11-21(20)28)33-26(36)34-17-2-6-25(22(29)12-17)37-19-3-5-23-24(13-19)32-18(14-31-23)15-35-9-7-30-8-10-35/h1-6,11-14,30H,7-10,15H2,(H2,33,34,36). The number of rotatable bonds is 6. The Balaban J connectivity index is 1.24. The number of anilines is 2. The number of halogens is 3. The Hall–Kier alpha value is -3.86. The fourth-order valence-corrected chi connectivity index (χ4v) is 4.04. The van der Waals surface area contributed by atoms with Gasteiger partial charge in [0.1, 0.15) is 11.6 Å². The number of amides is 2. The summed E-state index contributed by atoms with van der Waals surface area (Å²) in [5, 5.41) is 8.22. The summed E-state index contributed by atoms with van der Waals surface area (Å²) < 4.78 is 34.0. The predicted octanol–water partition coefficient (Wildman–Crippen LogP) is 5.40. The molecule has 1 saturated heterocycles. The predicted molar refractivity (Wildman–Crippen MR) is 138 cm³/mol. The summed E-state index contributed by atoms with van der Waals surface area (Å²) >= 11 is 5.64. The van der Waals surface area contributed by atoms with Crippen LogP contribution in [0.2, 0.25) is 5.02 Å². The summed E-state index contributed by atoms with van der Waals surface area (Å²) in [5.74, 6) is -0.949. The quantitative estimate of drug-likeness (QED) is 0.313. The smallest absolute Gasteiger partial charge is 0.323 e. The van der Waals surface area contributed by atoms with Gasteiger partial charge < -0.3 is 20.7 Å². The molecule has 37 heavy (non-hydrogen) atoms. The van der Waals surface area contributed by atoms with Crippen molar-refractivity contribution in [3.63, 3.8) is 0 Å². The van der Waals surface area contributed by atoms with Crippen LogP contribution in [0.3, 0.4) is 0 Å². The zero-order valence-electron chi connectivity index (χ0n) is 19.6. The minimum Gasteiger partial charge on any atom is -0.454 e. The highest BCUT2D eigenvalue weighted by atomic mass is 35.5. The second kappa shape index (κ2) is 11.0. The highest BCUT2D eigenvalue weighted by Crippen LogP contribution is 2.28. The van der Waals surface area contributed by atoms with Gasteiger partial charge in [-0.1, -0.05) is 11.6 Å². The van der Waals surface area contributed by atoms with Crippen LogP contribution in [0.15, 0.2) is 60.8 Å². The van der Waals surface area contributed by atoms with E-state index in [2.05, 4.69) is 25.8 Å². The topological polar surface area (TPSA) is 91.4 Å². The van der Waals surface area contributed by atoms with Crippen molar-refractivity contribution in [2.24, 2.45) is 0 Å². The summed E-state index contributed by atoms with van der Waals surface area (Å²) in [5.41, 5.74) is 2.61. The largest absolute Gasteiger partial charge is 0.454 e. The lowest BCUT2D eigenvalue weighted by Gasteiger charge is -2.26. The first-order valence-electron chi connectivity index (χ1n) is 11.6. The number of urea groups is 1. The third-order valence-corrected chi connectivity index (χ3v) is 6.06. The highest BCUT2D eigenvalue weighted by molar-refractivity contribution is 6.30. The van der Waals surface area contributed by atoms with E-state index in [0.717, 1.165) is 44.0 Å². The number of hydrogen-bond donors (Lipinski definition) is 3. The molecule has 2 heterocycles. The van der Waals surface area contributed by atoms with Crippen molar-refractivity contribution in [2.45, 2.75) is 6.54 Å². The van der Waals surface area contributed by atoms with Crippen molar-refractivity contribution in [2.75, 3.05) is 36.8 Å². The number of benzene rings is 3. The molecule has 5 rings (SSSR count). The molecular weight excluding hydrogens is 502 g/mol. The molecule has 0 saturated carbocycles. The van der Waals surface area contributed by atoms with Gasteiger partial charge in [0.15, 0.2) is 11.6 Å². The van der Waals surface area contributed by atoms with Gasteiger partial charge in [-0.2, -0.15) is 0 Å². The van der Waals surface area contributed by atoms with Crippen molar-refractivity contribution in [1.29, 1.82) is 0 Å². The number of carbonyl (C=O) groups is 1. The average molecular weight is 525 g/mol. The Morgan fingerprint density at radius 2 is 1.70 bits per heavy atom. The summed E-state index contributed by atoms with van der Waals surface area (Å²) in [6.45, 7) is 4.51. The van der Waals surface area contributed by atoms with Gasteiger partial charge in [0, 0.05) is 56.2 Å². The van der Waals surface area contributed by atoms with Crippen LogP contribution in [0.25, 0.3) is 11.0 Å². The van der Waals surface area contributed by atoms with E-state index in [-0.39, 0.29) is 22.1 Å². The molecule has 1 aliphatic heterocycles. The molecule has 0 unspecified atom stereocenters. The first-order valence-corrected chi connectivity index (χ1v) is 12.0. The number of carbonyl (C=O) groups excluding carboxylic acids is 1. The summed E-state index contributed by atoms with van der Waals surface area (Å²) in [6.07, 6.45) is 1.77. The Morgan fingerprint density at radius 3 is 2.43 bits per heavy atom. The van der Waals surface area contributed by atoms with Gasteiger partial charge in [-0.25, -0.2) is 18.6 Å². The van der Waals surface area contributed by atoms with E-state index in [1.54, 1.807) is 24.4 Å². The molecule has 1 fully saturated rings. The maximum Gasteiger partial charge on any atom is 0.323 e. The summed E-state index contributed by atoms with van der Waals surface area (Å²) in [4.78, 5) is 23.7. The molecule has 3 aromatic carbocycles. The normalized spacial score (nSPS) is 13.9. The summed E-state index contributed by atoms with van der Waals surface area (Å²) in [6, 6.07) is 12.4. The molecule has 1 aromatic heterocycles. The molecule has 8 nitrogen and oxygen atoms in total. The van der Waals surface area contributed by atoms with E-state index in [1.165, 1.54) is 24.3 Å². The lowest BCUT2D eigenvalue weighted by molar-refractivity contribution is 0.230. The number of nitrogens with zero attached hydrogens (tertiary/aromatic N) is 3. The van der Waals surface area contributed by atoms with Gasteiger partial charge in [-0.05, 0) is 42.5 Å². The van der Waals surface area contributed by atoms with E-state index in [1.807, 2.05) is 0 Å². The minimum absolute atomic E-state index is 0.0185. The van der Waals surface area contributed by atoms with Crippen LogP contribution in [0.4, 0.5) is 25.0 Å². The Bertz CT molecular complexity index is 1450. The van der Waals surface area contributed by atoms with Crippen LogP contribution in [0, 0.1) is 11.6 Å². The second-order valence-corrected chi connectivity index (χ2v) is 8.90. The van der Waals surface area contributed by atoms with Crippen LogP contribution in [0.5, 0.6) is 11.5 Å². The molecule has 0 bridgehead atoms. The maximum atomic E-state index is 14.7. The molecule has 0 spiro atoms. The fraction of sp³-hybridized carbons (Fsp3) is 0.192. The van der Waals surface area contributed by atoms with Crippen molar-refractivity contribution in [1.82, 2.24) is 20.2 Å². The highest BCUT2D eigenvalue weighted by Gasteiger charge is 2.13. The van der Waals surface area contributed by atoms with Gasteiger partial charge in [0.25, 0.3) is 0 Å². The Morgan fingerprint density at radius 1 is 0.973 bits per heavy atom. The van der Waals surface area contributed by atoms with E-state index in [0.29, 0.717) is 23.3 Å². The van der Waals surface area contributed by atoms with Crippen LogP contribution >= 0.6 is 11.6 Å². The van der Waals surface area contributed by atoms with Gasteiger partial charge in [0.2, 0.25) is 0 Å². The Labute approximate surface area is 216 Å². The van der Waals surface area contributed by atoms with E-state index < -0.39 is 17.7 Å². The number of fused-ring (bicyclic) bond motifs is 1. The van der Waals surface area contributed by atoms with Gasteiger partial charge in [-0.3, -0.25) is 9.88 Å². The molecule has 0 atom stereocenters. The molecule has 3 N–H and O–H groups in total. The molecule has 0 radical (unpaired) electrons.